The van der Waals surface area contributed by atoms with Gasteiger partial charge in [-0.15, -0.1) is 11.3 Å². The van der Waals surface area contributed by atoms with Crippen LogP contribution >= 0.6 is 27.3 Å². The number of amides is 1. The Balaban J connectivity index is 1.28. The molecule has 0 spiro atoms. The Morgan fingerprint density at radius 3 is 2.34 bits per heavy atom. The minimum absolute atomic E-state index is 0.276. The maximum Gasteiger partial charge on any atom is 0.281 e. The van der Waals surface area contributed by atoms with Crippen LogP contribution in [0.2, 0.25) is 0 Å². The van der Waals surface area contributed by atoms with Gasteiger partial charge in [-0.05, 0) is 49.4 Å². The van der Waals surface area contributed by atoms with Gasteiger partial charge in [0, 0.05) is 27.2 Å². The van der Waals surface area contributed by atoms with Crippen LogP contribution in [0.15, 0.2) is 107 Å². The molecule has 9 heteroatoms. The highest BCUT2D eigenvalue weighted by Gasteiger charge is 2.17. The van der Waals surface area contributed by atoms with Gasteiger partial charge in [-0.2, -0.15) is 15.3 Å². The lowest BCUT2D eigenvalue weighted by Crippen LogP contribution is -2.16. The lowest BCUT2D eigenvalue weighted by atomic mass is 10.1. The van der Waals surface area contributed by atoms with E-state index in [2.05, 4.69) is 31.6 Å². The second kappa shape index (κ2) is 10.2. The normalized spacial score (nSPS) is 11.4. The van der Waals surface area contributed by atoms with E-state index in [0.29, 0.717) is 4.88 Å². The zero-order valence-electron chi connectivity index (χ0n) is 20.2. The average molecular weight is 581 g/mol. The number of hydrazone groups is 1. The Kier molecular flexibility index (Phi) is 6.45. The first-order valence-electron chi connectivity index (χ1n) is 11.9. The molecule has 0 aliphatic carbocycles. The molecule has 38 heavy (non-hydrogen) atoms. The molecule has 0 fully saturated rings. The van der Waals surface area contributed by atoms with Crippen molar-refractivity contribution in [2.75, 3.05) is 0 Å². The predicted molar refractivity (Wildman–Crippen MR) is 155 cm³/mol. The minimum atomic E-state index is -0.276. The molecule has 3 aromatic heterocycles. The molecule has 0 saturated heterocycles. The highest BCUT2D eigenvalue weighted by Crippen LogP contribution is 2.30. The van der Waals surface area contributed by atoms with Gasteiger partial charge < -0.3 is 0 Å². The van der Waals surface area contributed by atoms with Crippen LogP contribution in [0.4, 0.5) is 0 Å². The standard InChI is InChI=1S/C29H21BrN6OS/c1-19-25-16-26(38-29(25)36(33-19)24-10-6-3-7-11-24)28(37)32-31-17-21-18-35(23-8-4-2-5-9-23)34-27(21)20-12-14-22(30)15-13-20/h2-18H,1H3,(H,32,37)/b31-17+. The van der Waals surface area contributed by atoms with Crippen molar-refractivity contribution >= 4 is 49.6 Å². The van der Waals surface area contributed by atoms with Gasteiger partial charge in [-0.25, -0.2) is 14.8 Å². The molecule has 7 nitrogen and oxygen atoms in total. The number of halogens is 1. The second-order valence-corrected chi connectivity index (χ2v) is 10.5. The number of thiophene rings is 1. The van der Waals surface area contributed by atoms with Gasteiger partial charge >= 0.3 is 0 Å². The fraction of sp³-hybridized carbons (Fsp3) is 0.0345. The molecule has 0 unspecified atom stereocenters. The fourth-order valence-corrected chi connectivity index (χ4v) is 5.48. The zero-order valence-corrected chi connectivity index (χ0v) is 22.6. The van der Waals surface area contributed by atoms with Gasteiger partial charge in [-0.1, -0.05) is 64.5 Å². The van der Waals surface area contributed by atoms with Crippen LogP contribution in [0.3, 0.4) is 0 Å². The van der Waals surface area contributed by atoms with Crippen LogP contribution in [-0.4, -0.2) is 31.7 Å². The van der Waals surface area contributed by atoms with Gasteiger partial charge in [-0.3, -0.25) is 4.79 Å². The van der Waals surface area contributed by atoms with E-state index in [-0.39, 0.29) is 5.91 Å². The summed E-state index contributed by atoms with van der Waals surface area (Å²) in [5.74, 6) is -0.276. The zero-order chi connectivity index (χ0) is 26.1. The Hall–Kier alpha value is -4.34. The lowest BCUT2D eigenvalue weighted by Gasteiger charge is -2.01. The van der Waals surface area contributed by atoms with Gasteiger partial charge in [0.2, 0.25) is 0 Å². The smallest absolute Gasteiger partial charge is 0.266 e. The summed E-state index contributed by atoms with van der Waals surface area (Å²) in [5.41, 5.74) is 7.93. The molecule has 0 saturated carbocycles. The summed E-state index contributed by atoms with van der Waals surface area (Å²) in [4.78, 5) is 14.5. The predicted octanol–water partition coefficient (Wildman–Crippen LogP) is 6.77. The maximum absolute atomic E-state index is 13.0. The van der Waals surface area contributed by atoms with Crippen LogP contribution in [-0.2, 0) is 0 Å². The van der Waals surface area contributed by atoms with E-state index >= 15 is 0 Å². The highest BCUT2D eigenvalue weighted by atomic mass is 79.9. The molecule has 0 atom stereocenters. The van der Waals surface area contributed by atoms with Crippen molar-refractivity contribution in [1.29, 1.82) is 0 Å². The fourth-order valence-electron chi connectivity index (χ4n) is 4.15. The van der Waals surface area contributed by atoms with Crippen molar-refractivity contribution in [3.8, 4) is 22.6 Å². The lowest BCUT2D eigenvalue weighted by molar-refractivity contribution is 0.0959. The molecular formula is C29H21BrN6OS. The first-order valence-corrected chi connectivity index (χ1v) is 13.5. The van der Waals surface area contributed by atoms with Gasteiger partial charge in [0.15, 0.2) is 0 Å². The van der Waals surface area contributed by atoms with Crippen molar-refractivity contribution in [2.24, 2.45) is 5.10 Å². The maximum atomic E-state index is 13.0. The number of rotatable bonds is 6. The highest BCUT2D eigenvalue weighted by molar-refractivity contribution is 9.10. The monoisotopic (exact) mass is 580 g/mol. The van der Waals surface area contributed by atoms with E-state index in [9.17, 15) is 4.79 Å². The third-order valence-electron chi connectivity index (χ3n) is 6.02. The summed E-state index contributed by atoms with van der Waals surface area (Å²) in [6.45, 7) is 1.95. The van der Waals surface area contributed by atoms with Crippen molar-refractivity contribution in [2.45, 2.75) is 6.92 Å². The Morgan fingerprint density at radius 1 is 0.947 bits per heavy atom. The summed E-state index contributed by atoms with van der Waals surface area (Å²) in [5, 5.41) is 14.7. The summed E-state index contributed by atoms with van der Waals surface area (Å²) in [6, 6.07) is 29.6. The molecule has 3 aromatic carbocycles. The molecule has 1 amide bonds. The van der Waals surface area contributed by atoms with Crippen LogP contribution in [0.1, 0.15) is 20.9 Å². The van der Waals surface area contributed by atoms with Crippen LogP contribution in [0.25, 0.3) is 32.8 Å². The second-order valence-electron chi connectivity index (χ2n) is 8.58. The number of hydrogen-bond acceptors (Lipinski definition) is 5. The molecule has 6 rings (SSSR count). The van der Waals surface area contributed by atoms with E-state index < -0.39 is 0 Å². The molecule has 6 aromatic rings. The van der Waals surface area contributed by atoms with Crippen molar-refractivity contribution in [1.82, 2.24) is 25.0 Å². The van der Waals surface area contributed by atoms with Gasteiger partial charge in [0.25, 0.3) is 5.91 Å². The summed E-state index contributed by atoms with van der Waals surface area (Å²) in [7, 11) is 0. The number of nitrogens with zero attached hydrogens (tertiary/aromatic N) is 5. The molecule has 0 aliphatic heterocycles. The van der Waals surface area contributed by atoms with E-state index in [1.807, 2.05) is 113 Å². The molecular weight excluding hydrogens is 560 g/mol. The van der Waals surface area contributed by atoms with Crippen LogP contribution in [0.5, 0.6) is 0 Å². The van der Waals surface area contributed by atoms with Gasteiger partial charge in [0.05, 0.1) is 28.2 Å². The third-order valence-corrected chi connectivity index (χ3v) is 7.66. The molecule has 3 heterocycles. The van der Waals surface area contributed by atoms with E-state index in [4.69, 9.17) is 5.10 Å². The number of carbonyl (C=O) groups excluding carboxylic acids is 1. The van der Waals surface area contributed by atoms with E-state index in [1.165, 1.54) is 11.3 Å². The minimum Gasteiger partial charge on any atom is -0.266 e. The van der Waals surface area contributed by atoms with Crippen molar-refractivity contribution in [3.05, 3.63) is 118 Å². The average Bonchev–Trinajstić information content (AvgIpc) is 3.65. The number of hydrogen-bond donors (Lipinski definition) is 1. The Labute approximate surface area is 231 Å². The summed E-state index contributed by atoms with van der Waals surface area (Å²) in [6.07, 6.45) is 3.53. The number of aryl methyl sites for hydroxylation is 1. The molecule has 0 radical (unpaired) electrons. The number of para-hydroxylation sites is 2. The van der Waals surface area contributed by atoms with Crippen molar-refractivity contribution < 1.29 is 4.79 Å². The number of nitrogens with one attached hydrogen (secondary N) is 1. The Bertz CT molecular complexity index is 1770. The first kappa shape index (κ1) is 24.0. The van der Waals surface area contributed by atoms with Crippen LogP contribution in [0, 0.1) is 6.92 Å². The topological polar surface area (TPSA) is 77.1 Å². The molecule has 186 valence electrons. The number of benzene rings is 3. The largest absolute Gasteiger partial charge is 0.281 e. The van der Waals surface area contributed by atoms with Crippen LogP contribution < -0.4 is 5.43 Å². The third kappa shape index (κ3) is 4.69. The van der Waals surface area contributed by atoms with Gasteiger partial charge in [0.1, 0.15) is 10.5 Å². The summed E-state index contributed by atoms with van der Waals surface area (Å²) < 4.78 is 4.67. The quantitative estimate of drug-likeness (QED) is 0.174. The SMILES string of the molecule is Cc1nn(-c2ccccc2)c2sc(C(=O)N/N=C/c3cn(-c4ccccc4)nc3-c3ccc(Br)cc3)cc12. The van der Waals surface area contributed by atoms with E-state index in [1.54, 1.807) is 6.21 Å². The number of aromatic nitrogens is 4. The Morgan fingerprint density at radius 2 is 1.63 bits per heavy atom. The van der Waals surface area contributed by atoms with E-state index in [0.717, 1.165) is 48.6 Å². The van der Waals surface area contributed by atoms with Crippen molar-refractivity contribution in [3.63, 3.8) is 0 Å². The molecule has 1 N–H and O–H groups in total. The number of fused-ring (bicyclic) bond motifs is 1. The summed E-state index contributed by atoms with van der Waals surface area (Å²) >= 11 is 4.88. The molecule has 0 bridgehead atoms. The number of carbonyl (C=O) groups is 1. The first-order chi connectivity index (χ1) is 18.6. The molecule has 0 aliphatic rings.